The molecular formula is C20H27N3OS. The third kappa shape index (κ3) is 6.35. The zero-order valence-corrected chi connectivity index (χ0v) is 16.1. The Hall–Kier alpha value is -2.14. The molecule has 134 valence electrons. The topological polar surface area (TPSA) is 37.4 Å². The maximum atomic E-state index is 5.65. The van der Waals surface area contributed by atoms with Crippen LogP contribution in [0.15, 0.2) is 48.8 Å². The van der Waals surface area contributed by atoms with Crippen molar-refractivity contribution in [1.82, 2.24) is 15.2 Å². The Labute approximate surface area is 156 Å². The molecule has 2 rings (SSSR count). The van der Waals surface area contributed by atoms with Gasteiger partial charge in [-0.25, -0.2) is 0 Å². The number of rotatable bonds is 8. The van der Waals surface area contributed by atoms with Gasteiger partial charge >= 0.3 is 0 Å². The number of benzene rings is 1. The Morgan fingerprint density at radius 3 is 2.48 bits per heavy atom. The average Bonchev–Trinajstić information content (AvgIpc) is 2.63. The van der Waals surface area contributed by atoms with Crippen LogP contribution in [0.1, 0.15) is 38.3 Å². The highest BCUT2D eigenvalue weighted by molar-refractivity contribution is 7.80. The fraction of sp³-hybridized carbons (Fsp3) is 0.400. The van der Waals surface area contributed by atoms with Gasteiger partial charge in [-0.3, -0.25) is 4.98 Å². The van der Waals surface area contributed by atoms with Gasteiger partial charge < -0.3 is 15.0 Å². The summed E-state index contributed by atoms with van der Waals surface area (Å²) in [6, 6.07) is 12.6. The third-order valence-corrected chi connectivity index (χ3v) is 4.35. The molecule has 0 fully saturated rings. The Balaban J connectivity index is 2.11. The number of nitrogens with zero attached hydrogens (tertiary/aromatic N) is 2. The molecule has 0 bridgehead atoms. The maximum absolute atomic E-state index is 5.65. The van der Waals surface area contributed by atoms with Crippen LogP contribution in [0.2, 0.25) is 0 Å². The van der Waals surface area contributed by atoms with E-state index in [1.165, 1.54) is 5.56 Å². The maximum Gasteiger partial charge on any atom is 0.169 e. The summed E-state index contributed by atoms with van der Waals surface area (Å²) in [5.74, 6) is 0.894. The lowest BCUT2D eigenvalue weighted by atomic mass is 10.2. The Kier molecular flexibility index (Phi) is 7.67. The van der Waals surface area contributed by atoms with E-state index in [9.17, 15) is 0 Å². The van der Waals surface area contributed by atoms with Gasteiger partial charge in [-0.05, 0) is 61.8 Å². The molecule has 0 saturated heterocycles. The van der Waals surface area contributed by atoms with Crippen molar-refractivity contribution in [3.05, 3.63) is 59.9 Å². The quantitative estimate of drug-likeness (QED) is 0.718. The number of thiocarbonyl (C=S) groups is 1. The standard InChI is InChI=1S/C20H27N3OS/c1-4-16(3)22-20(25)23(15-18-7-6-12-21-13-18)14-17-8-10-19(11-9-17)24-5-2/h6-13,16H,4-5,14-15H2,1-3H3,(H,22,25)/t16-/m1/s1. The molecule has 1 atom stereocenters. The molecule has 2 aromatic rings. The van der Waals surface area contributed by atoms with Crippen molar-refractivity contribution < 1.29 is 4.74 Å². The zero-order valence-electron chi connectivity index (χ0n) is 15.2. The molecule has 0 aliphatic rings. The molecule has 0 spiro atoms. The van der Waals surface area contributed by atoms with Crippen LogP contribution < -0.4 is 10.1 Å². The van der Waals surface area contributed by atoms with Gasteiger partial charge in [-0.1, -0.05) is 25.1 Å². The summed E-state index contributed by atoms with van der Waals surface area (Å²) in [5.41, 5.74) is 2.34. The first kappa shape index (κ1) is 19.2. The molecule has 0 amide bonds. The predicted molar refractivity (Wildman–Crippen MR) is 107 cm³/mol. The van der Waals surface area contributed by atoms with Crippen LogP contribution in [-0.4, -0.2) is 27.6 Å². The van der Waals surface area contributed by atoms with E-state index >= 15 is 0 Å². The summed E-state index contributed by atoms with van der Waals surface area (Å²) in [6.07, 6.45) is 4.71. The molecule has 5 heteroatoms. The lowest BCUT2D eigenvalue weighted by molar-refractivity contribution is 0.339. The van der Waals surface area contributed by atoms with E-state index in [2.05, 4.69) is 47.2 Å². The summed E-state index contributed by atoms with van der Waals surface area (Å²) < 4.78 is 5.52. The van der Waals surface area contributed by atoms with Gasteiger partial charge in [-0.15, -0.1) is 0 Å². The van der Waals surface area contributed by atoms with Crippen molar-refractivity contribution in [2.45, 2.75) is 46.3 Å². The van der Waals surface area contributed by atoms with E-state index in [1.807, 2.05) is 31.3 Å². The Bertz CT molecular complexity index is 646. The second-order valence-electron chi connectivity index (χ2n) is 6.05. The van der Waals surface area contributed by atoms with Crippen LogP contribution in [-0.2, 0) is 13.1 Å². The molecule has 1 N–H and O–H groups in total. The SMILES string of the molecule is CCOc1ccc(CN(Cc2cccnc2)C(=S)N[C@H](C)CC)cc1. The van der Waals surface area contributed by atoms with Crippen molar-refractivity contribution in [3.63, 3.8) is 0 Å². The molecule has 25 heavy (non-hydrogen) atoms. The van der Waals surface area contributed by atoms with E-state index in [0.29, 0.717) is 12.6 Å². The second kappa shape index (κ2) is 9.99. The van der Waals surface area contributed by atoms with E-state index in [1.54, 1.807) is 6.20 Å². The van der Waals surface area contributed by atoms with E-state index in [-0.39, 0.29) is 0 Å². The minimum absolute atomic E-state index is 0.351. The lowest BCUT2D eigenvalue weighted by Crippen LogP contribution is -2.42. The van der Waals surface area contributed by atoms with Gasteiger partial charge in [0.1, 0.15) is 5.75 Å². The third-order valence-electron chi connectivity index (χ3n) is 3.97. The van der Waals surface area contributed by atoms with Gasteiger partial charge in [0.25, 0.3) is 0 Å². The van der Waals surface area contributed by atoms with Gasteiger partial charge in [0.2, 0.25) is 0 Å². The van der Waals surface area contributed by atoms with E-state index in [0.717, 1.165) is 35.9 Å². The van der Waals surface area contributed by atoms with Gasteiger partial charge in [-0.2, -0.15) is 0 Å². The summed E-state index contributed by atoms with van der Waals surface area (Å²) in [7, 11) is 0. The van der Waals surface area contributed by atoms with Crippen LogP contribution in [0.3, 0.4) is 0 Å². The number of nitrogens with one attached hydrogen (secondary N) is 1. The molecule has 0 radical (unpaired) electrons. The molecular weight excluding hydrogens is 330 g/mol. The molecule has 0 unspecified atom stereocenters. The Morgan fingerprint density at radius 1 is 1.16 bits per heavy atom. The lowest BCUT2D eigenvalue weighted by Gasteiger charge is -2.28. The van der Waals surface area contributed by atoms with Crippen LogP contribution in [0.4, 0.5) is 0 Å². The van der Waals surface area contributed by atoms with Gasteiger partial charge in [0, 0.05) is 31.5 Å². The van der Waals surface area contributed by atoms with Crippen molar-refractivity contribution in [3.8, 4) is 5.75 Å². The smallest absolute Gasteiger partial charge is 0.169 e. The van der Waals surface area contributed by atoms with Crippen LogP contribution in [0.5, 0.6) is 5.75 Å². The van der Waals surface area contributed by atoms with Crippen molar-refractivity contribution >= 4 is 17.3 Å². The fourth-order valence-corrected chi connectivity index (χ4v) is 2.72. The number of pyridine rings is 1. The number of aromatic nitrogens is 1. The monoisotopic (exact) mass is 357 g/mol. The zero-order chi connectivity index (χ0) is 18.1. The van der Waals surface area contributed by atoms with Crippen molar-refractivity contribution in [2.75, 3.05) is 6.61 Å². The van der Waals surface area contributed by atoms with Crippen LogP contribution in [0.25, 0.3) is 0 Å². The van der Waals surface area contributed by atoms with Crippen molar-refractivity contribution in [2.24, 2.45) is 0 Å². The number of hydrogen-bond donors (Lipinski definition) is 1. The summed E-state index contributed by atoms with van der Waals surface area (Å²) in [6.45, 7) is 8.43. The first-order valence-electron chi connectivity index (χ1n) is 8.78. The van der Waals surface area contributed by atoms with Crippen LogP contribution in [0, 0.1) is 0 Å². The number of ether oxygens (including phenoxy) is 1. The molecule has 1 heterocycles. The minimum atomic E-state index is 0.351. The fourth-order valence-electron chi connectivity index (χ4n) is 2.39. The second-order valence-corrected chi connectivity index (χ2v) is 6.44. The summed E-state index contributed by atoms with van der Waals surface area (Å²) in [4.78, 5) is 6.38. The normalized spacial score (nSPS) is 11.6. The minimum Gasteiger partial charge on any atom is -0.494 e. The molecule has 0 saturated carbocycles. The van der Waals surface area contributed by atoms with Gasteiger partial charge in [0.05, 0.1) is 6.61 Å². The first-order chi connectivity index (χ1) is 12.1. The predicted octanol–water partition coefficient (Wildman–Crippen LogP) is 4.16. The molecule has 4 nitrogen and oxygen atoms in total. The summed E-state index contributed by atoms with van der Waals surface area (Å²) >= 11 is 5.65. The molecule has 0 aliphatic heterocycles. The average molecular weight is 358 g/mol. The largest absolute Gasteiger partial charge is 0.494 e. The highest BCUT2D eigenvalue weighted by atomic mass is 32.1. The van der Waals surface area contributed by atoms with Gasteiger partial charge in [0.15, 0.2) is 5.11 Å². The Morgan fingerprint density at radius 2 is 1.88 bits per heavy atom. The van der Waals surface area contributed by atoms with E-state index < -0.39 is 0 Å². The van der Waals surface area contributed by atoms with Crippen molar-refractivity contribution in [1.29, 1.82) is 0 Å². The highest BCUT2D eigenvalue weighted by Gasteiger charge is 2.13. The van der Waals surface area contributed by atoms with Crippen LogP contribution >= 0.6 is 12.2 Å². The molecule has 1 aromatic heterocycles. The molecule has 0 aliphatic carbocycles. The summed E-state index contributed by atoms with van der Waals surface area (Å²) in [5, 5.41) is 4.18. The molecule has 1 aromatic carbocycles. The highest BCUT2D eigenvalue weighted by Crippen LogP contribution is 2.15. The number of hydrogen-bond acceptors (Lipinski definition) is 3. The first-order valence-corrected chi connectivity index (χ1v) is 9.19. The van der Waals surface area contributed by atoms with E-state index in [4.69, 9.17) is 17.0 Å².